The third kappa shape index (κ3) is 5.11. The zero-order valence-corrected chi connectivity index (χ0v) is 19.0. The Hall–Kier alpha value is -3.69. The summed E-state index contributed by atoms with van der Waals surface area (Å²) in [6.45, 7) is 0.220. The minimum Gasteiger partial charge on any atom is -0.380 e. The number of amides is 3. The summed E-state index contributed by atoms with van der Waals surface area (Å²) in [6, 6.07) is 13.9. The van der Waals surface area contributed by atoms with Crippen molar-refractivity contribution in [3.05, 3.63) is 88.1 Å². The smallest absolute Gasteiger partial charge is 0.322 e. The number of halogens is 2. The number of benzene rings is 2. The monoisotopic (exact) mass is 484 g/mol. The summed E-state index contributed by atoms with van der Waals surface area (Å²) in [7, 11) is 1.51. The average Bonchev–Trinajstić information content (AvgIpc) is 3.26. The van der Waals surface area contributed by atoms with Crippen LogP contribution in [0.3, 0.4) is 0 Å². The maximum Gasteiger partial charge on any atom is 0.322 e. The standard InChI is InChI=1S/C24H22ClFN4O4/c1-34-18-13-21(30(14-18)24(33)28-16-7-5-15(25)6-8-16)23(32)27-17-9-10-20(19(26)12-17)29-11-3-2-4-22(29)31/h2-12,18,21H,13-14H2,1H3,(H,27,32)(H,28,33)/t18-,21-/m1/s1. The second kappa shape index (κ2) is 10.1. The number of aromatic nitrogens is 1. The molecule has 0 saturated carbocycles. The number of rotatable bonds is 5. The summed E-state index contributed by atoms with van der Waals surface area (Å²) in [5, 5.41) is 5.94. The predicted molar refractivity (Wildman–Crippen MR) is 127 cm³/mol. The molecule has 4 rings (SSSR count). The molecule has 1 aromatic heterocycles. The van der Waals surface area contributed by atoms with Crippen LogP contribution in [-0.2, 0) is 9.53 Å². The van der Waals surface area contributed by atoms with E-state index in [9.17, 15) is 18.8 Å². The van der Waals surface area contributed by atoms with Gasteiger partial charge in [-0.15, -0.1) is 0 Å². The van der Waals surface area contributed by atoms with Gasteiger partial charge in [-0.1, -0.05) is 17.7 Å². The molecule has 2 heterocycles. The number of ether oxygens (including phenoxy) is 1. The van der Waals surface area contributed by atoms with Crippen LogP contribution in [0.2, 0.25) is 5.02 Å². The van der Waals surface area contributed by atoms with Gasteiger partial charge in [0.1, 0.15) is 11.9 Å². The highest BCUT2D eigenvalue weighted by molar-refractivity contribution is 6.30. The second-order valence-electron chi connectivity index (χ2n) is 7.76. The number of nitrogens with one attached hydrogen (secondary N) is 2. The first-order valence-corrected chi connectivity index (χ1v) is 10.9. The molecule has 0 unspecified atom stereocenters. The van der Waals surface area contributed by atoms with Crippen LogP contribution in [-0.4, -0.2) is 47.2 Å². The van der Waals surface area contributed by atoms with E-state index in [1.807, 2.05) is 0 Å². The maximum absolute atomic E-state index is 14.7. The van der Waals surface area contributed by atoms with Gasteiger partial charge in [0.15, 0.2) is 0 Å². The van der Waals surface area contributed by atoms with Gasteiger partial charge in [-0.05, 0) is 48.5 Å². The fourth-order valence-corrected chi connectivity index (χ4v) is 3.93. The molecule has 2 N–H and O–H groups in total. The molecule has 3 amide bonds. The molecule has 2 atom stereocenters. The lowest BCUT2D eigenvalue weighted by Crippen LogP contribution is -2.45. The summed E-state index contributed by atoms with van der Waals surface area (Å²) in [4.78, 5) is 39.3. The van der Waals surface area contributed by atoms with Gasteiger partial charge in [-0.3, -0.25) is 14.2 Å². The number of hydrogen-bond donors (Lipinski definition) is 2. The highest BCUT2D eigenvalue weighted by Gasteiger charge is 2.40. The highest BCUT2D eigenvalue weighted by Crippen LogP contribution is 2.24. The van der Waals surface area contributed by atoms with Crippen molar-refractivity contribution >= 4 is 34.9 Å². The summed E-state index contributed by atoms with van der Waals surface area (Å²) in [6.07, 6.45) is 1.42. The van der Waals surface area contributed by atoms with Gasteiger partial charge in [0.05, 0.1) is 11.8 Å². The SMILES string of the molecule is CO[C@@H]1C[C@H](C(=O)Nc2ccc(-n3ccccc3=O)c(F)c2)N(C(=O)Nc2ccc(Cl)cc2)C1. The lowest BCUT2D eigenvalue weighted by atomic mass is 10.1. The number of carbonyl (C=O) groups is 2. The molecular formula is C24H22ClFN4O4. The van der Waals surface area contributed by atoms with Crippen LogP contribution in [0.25, 0.3) is 5.69 Å². The van der Waals surface area contributed by atoms with Crippen molar-refractivity contribution in [1.29, 1.82) is 0 Å². The van der Waals surface area contributed by atoms with E-state index in [0.29, 0.717) is 10.7 Å². The van der Waals surface area contributed by atoms with E-state index in [-0.39, 0.29) is 36.0 Å². The molecule has 3 aromatic rings. The molecule has 1 saturated heterocycles. The van der Waals surface area contributed by atoms with E-state index in [1.165, 1.54) is 41.0 Å². The number of pyridine rings is 1. The van der Waals surface area contributed by atoms with Crippen molar-refractivity contribution in [2.75, 3.05) is 24.3 Å². The molecule has 1 aliphatic heterocycles. The molecule has 34 heavy (non-hydrogen) atoms. The number of hydrogen-bond acceptors (Lipinski definition) is 4. The van der Waals surface area contributed by atoms with Crippen molar-refractivity contribution in [3.63, 3.8) is 0 Å². The second-order valence-corrected chi connectivity index (χ2v) is 8.20. The van der Waals surface area contributed by atoms with Crippen molar-refractivity contribution in [3.8, 4) is 5.69 Å². The van der Waals surface area contributed by atoms with E-state index in [1.54, 1.807) is 36.4 Å². The zero-order chi connectivity index (χ0) is 24.2. The number of likely N-dealkylation sites (tertiary alicyclic amines) is 1. The first-order chi connectivity index (χ1) is 16.4. The third-order valence-electron chi connectivity index (χ3n) is 5.55. The Bertz CT molecular complexity index is 1260. The van der Waals surface area contributed by atoms with Gasteiger partial charge in [-0.2, -0.15) is 0 Å². The fraction of sp³-hybridized carbons (Fsp3) is 0.208. The number of nitrogens with zero attached hydrogens (tertiary/aromatic N) is 2. The van der Waals surface area contributed by atoms with E-state index in [4.69, 9.17) is 16.3 Å². The lowest BCUT2D eigenvalue weighted by Gasteiger charge is -2.24. The predicted octanol–water partition coefficient (Wildman–Crippen LogP) is 3.89. The largest absolute Gasteiger partial charge is 0.380 e. The molecule has 0 aliphatic carbocycles. The van der Waals surface area contributed by atoms with Crippen LogP contribution in [0.4, 0.5) is 20.6 Å². The van der Waals surface area contributed by atoms with Crippen molar-refractivity contribution in [2.45, 2.75) is 18.6 Å². The summed E-state index contributed by atoms with van der Waals surface area (Å²) in [5.74, 6) is -1.15. The van der Waals surface area contributed by atoms with Gasteiger partial charge < -0.3 is 20.3 Å². The summed E-state index contributed by atoms with van der Waals surface area (Å²) < 4.78 is 21.3. The van der Waals surface area contributed by atoms with Crippen LogP contribution in [0.1, 0.15) is 6.42 Å². The first kappa shape index (κ1) is 23.5. The van der Waals surface area contributed by atoms with Crippen LogP contribution in [0.15, 0.2) is 71.7 Å². The topological polar surface area (TPSA) is 92.7 Å². The van der Waals surface area contributed by atoms with E-state index < -0.39 is 23.8 Å². The van der Waals surface area contributed by atoms with Gasteiger partial charge in [-0.25, -0.2) is 9.18 Å². The zero-order valence-electron chi connectivity index (χ0n) is 18.2. The number of methoxy groups -OCH3 is 1. The van der Waals surface area contributed by atoms with E-state index in [2.05, 4.69) is 10.6 Å². The van der Waals surface area contributed by atoms with Crippen LogP contribution in [0.5, 0.6) is 0 Å². The van der Waals surface area contributed by atoms with Crippen LogP contribution < -0.4 is 16.2 Å². The Morgan fingerprint density at radius 3 is 2.47 bits per heavy atom. The Morgan fingerprint density at radius 2 is 1.79 bits per heavy atom. The van der Waals surface area contributed by atoms with Gasteiger partial charge in [0, 0.05) is 48.7 Å². The van der Waals surface area contributed by atoms with E-state index >= 15 is 0 Å². The normalized spacial score (nSPS) is 17.4. The molecular weight excluding hydrogens is 463 g/mol. The third-order valence-corrected chi connectivity index (χ3v) is 5.80. The average molecular weight is 485 g/mol. The molecule has 2 aromatic carbocycles. The molecule has 176 valence electrons. The Kier molecular flexibility index (Phi) is 6.95. The van der Waals surface area contributed by atoms with Crippen molar-refractivity contribution in [2.24, 2.45) is 0 Å². The lowest BCUT2D eigenvalue weighted by molar-refractivity contribution is -0.119. The highest BCUT2D eigenvalue weighted by atomic mass is 35.5. The number of carbonyl (C=O) groups excluding carboxylic acids is 2. The summed E-state index contributed by atoms with van der Waals surface area (Å²) in [5.41, 5.74) is 0.419. The van der Waals surface area contributed by atoms with Crippen LogP contribution >= 0.6 is 11.6 Å². The molecule has 0 spiro atoms. The van der Waals surface area contributed by atoms with E-state index in [0.717, 1.165) is 6.07 Å². The Morgan fingerprint density at radius 1 is 1.06 bits per heavy atom. The first-order valence-electron chi connectivity index (χ1n) is 10.5. The van der Waals surface area contributed by atoms with Gasteiger partial charge >= 0.3 is 6.03 Å². The molecule has 1 aliphatic rings. The number of anilines is 2. The Labute approximate surface area is 199 Å². The quantitative estimate of drug-likeness (QED) is 0.574. The minimum atomic E-state index is -0.822. The molecule has 10 heteroatoms. The maximum atomic E-state index is 14.7. The molecule has 0 bridgehead atoms. The van der Waals surface area contributed by atoms with Gasteiger partial charge in [0.2, 0.25) is 5.91 Å². The van der Waals surface area contributed by atoms with Crippen LogP contribution in [0, 0.1) is 5.82 Å². The van der Waals surface area contributed by atoms with Crippen molar-refractivity contribution < 1.29 is 18.7 Å². The fourth-order valence-electron chi connectivity index (χ4n) is 3.80. The summed E-state index contributed by atoms with van der Waals surface area (Å²) >= 11 is 5.88. The Balaban J connectivity index is 1.49. The van der Waals surface area contributed by atoms with Crippen molar-refractivity contribution in [1.82, 2.24) is 9.47 Å². The number of urea groups is 1. The molecule has 8 nitrogen and oxygen atoms in total. The molecule has 1 fully saturated rings. The minimum absolute atomic E-state index is 0.0629. The van der Waals surface area contributed by atoms with Gasteiger partial charge in [0.25, 0.3) is 5.56 Å². The molecule has 0 radical (unpaired) electrons.